The van der Waals surface area contributed by atoms with Crippen LogP contribution < -0.4 is 5.32 Å². The van der Waals surface area contributed by atoms with E-state index >= 15 is 0 Å². The van der Waals surface area contributed by atoms with Crippen LogP contribution in [0.5, 0.6) is 0 Å². The third kappa shape index (κ3) is 2.83. The zero-order valence-corrected chi connectivity index (χ0v) is 15.7. The lowest BCUT2D eigenvalue weighted by Crippen LogP contribution is -2.33. The maximum Gasteiger partial charge on any atom is 0.261 e. The van der Waals surface area contributed by atoms with Crippen molar-refractivity contribution >= 4 is 17.7 Å². The van der Waals surface area contributed by atoms with E-state index in [-0.39, 0.29) is 23.6 Å². The number of carbonyl (C=O) groups excluding carboxylic acids is 3. The molecular formula is C22H22N2O3. The first-order valence-electron chi connectivity index (χ1n) is 9.28. The van der Waals surface area contributed by atoms with E-state index in [1.54, 1.807) is 6.07 Å². The van der Waals surface area contributed by atoms with Crippen LogP contribution in [-0.4, -0.2) is 29.2 Å². The highest BCUT2D eigenvalue weighted by Crippen LogP contribution is 2.30. The van der Waals surface area contributed by atoms with Crippen LogP contribution in [0.15, 0.2) is 36.4 Å². The van der Waals surface area contributed by atoms with E-state index in [1.165, 1.54) is 4.90 Å². The molecule has 5 heteroatoms. The molecule has 0 spiro atoms. The highest BCUT2D eigenvalue weighted by atomic mass is 16.2. The first-order valence-corrected chi connectivity index (χ1v) is 9.28. The fraction of sp³-hybridized carbons (Fsp3) is 0.318. The van der Waals surface area contributed by atoms with Gasteiger partial charge in [-0.15, -0.1) is 0 Å². The Bertz CT molecular complexity index is 978. The summed E-state index contributed by atoms with van der Waals surface area (Å²) in [6.07, 6.45) is 0. The largest absolute Gasteiger partial charge is 0.348 e. The van der Waals surface area contributed by atoms with Gasteiger partial charge in [-0.2, -0.15) is 0 Å². The molecule has 1 N–H and O–H groups in total. The van der Waals surface area contributed by atoms with Gasteiger partial charge in [-0.25, -0.2) is 0 Å². The van der Waals surface area contributed by atoms with Crippen LogP contribution >= 0.6 is 0 Å². The van der Waals surface area contributed by atoms with Crippen LogP contribution in [-0.2, 0) is 6.54 Å². The summed E-state index contributed by atoms with van der Waals surface area (Å²) in [6.45, 7) is 6.94. The third-order valence-electron chi connectivity index (χ3n) is 5.50. The third-order valence-corrected chi connectivity index (χ3v) is 5.50. The van der Waals surface area contributed by atoms with Gasteiger partial charge in [0.25, 0.3) is 17.7 Å². The smallest absolute Gasteiger partial charge is 0.261 e. The van der Waals surface area contributed by atoms with Gasteiger partial charge < -0.3 is 5.32 Å². The monoisotopic (exact) mass is 362 g/mol. The predicted octanol–water partition coefficient (Wildman–Crippen LogP) is 3.45. The van der Waals surface area contributed by atoms with Gasteiger partial charge in [0.15, 0.2) is 0 Å². The lowest BCUT2D eigenvalue weighted by Gasteiger charge is -2.20. The molecule has 0 saturated heterocycles. The summed E-state index contributed by atoms with van der Waals surface area (Å²) in [5.74, 6) is -0.306. The molecule has 2 aliphatic heterocycles. The molecule has 5 nitrogen and oxygen atoms in total. The molecule has 1 unspecified atom stereocenters. The molecule has 0 aromatic heterocycles. The molecule has 4 rings (SSSR count). The Labute approximate surface area is 158 Å². The molecule has 0 aliphatic carbocycles. The molecule has 27 heavy (non-hydrogen) atoms. The number of hydrogen-bond donors (Lipinski definition) is 1. The zero-order chi connectivity index (χ0) is 19.3. The fourth-order valence-electron chi connectivity index (χ4n) is 3.75. The van der Waals surface area contributed by atoms with Crippen LogP contribution in [0.1, 0.15) is 80.4 Å². The highest BCUT2D eigenvalue weighted by molar-refractivity contribution is 6.21. The van der Waals surface area contributed by atoms with E-state index in [9.17, 15) is 14.4 Å². The number of hydrogen-bond acceptors (Lipinski definition) is 3. The van der Waals surface area contributed by atoms with Crippen molar-refractivity contribution in [2.24, 2.45) is 0 Å². The van der Waals surface area contributed by atoms with Crippen LogP contribution in [0, 0.1) is 0 Å². The van der Waals surface area contributed by atoms with Gasteiger partial charge >= 0.3 is 0 Å². The van der Waals surface area contributed by atoms with Crippen molar-refractivity contribution in [1.82, 2.24) is 10.2 Å². The minimum Gasteiger partial charge on any atom is -0.348 e. The number of fused-ring (bicyclic) bond motifs is 2. The summed E-state index contributed by atoms with van der Waals surface area (Å²) in [5, 5.41) is 2.81. The molecule has 1 atom stereocenters. The summed E-state index contributed by atoms with van der Waals surface area (Å²) in [6, 6.07) is 11.3. The van der Waals surface area contributed by atoms with E-state index in [2.05, 4.69) is 19.2 Å². The van der Waals surface area contributed by atoms with Gasteiger partial charge in [-0.3, -0.25) is 19.3 Å². The highest BCUT2D eigenvalue weighted by Gasteiger charge is 2.36. The van der Waals surface area contributed by atoms with Crippen LogP contribution in [0.25, 0.3) is 0 Å². The van der Waals surface area contributed by atoms with E-state index in [4.69, 9.17) is 0 Å². The Morgan fingerprint density at radius 2 is 1.56 bits per heavy atom. The fourth-order valence-corrected chi connectivity index (χ4v) is 3.75. The zero-order valence-electron chi connectivity index (χ0n) is 15.7. The minimum absolute atomic E-state index is 0.0597. The molecule has 2 heterocycles. The topological polar surface area (TPSA) is 66.5 Å². The van der Waals surface area contributed by atoms with Gasteiger partial charge in [0.1, 0.15) is 0 Å². The molecule has 2 aromatic carbocycles. The van der Waals surface area contributed by atoms with Gasteiger partial charge in [-0.05, 0) is 46.7 Å². The van der Waals surface area contributed by atoms with Gasteiger partial charge in [0.2, 0.25) is 0 Å². The Balaban J connectivity index is 1.58. The first kappa shape index (κ1) is 17.5. The molecule has 2 aromatic rings. The van der Waals surface area contributed by atoms with E-state index in [0.717, 1.165) is 16.7 Å². The Kier molecular flexibility index (Phi) is 4.10. The molecule has 0 radical (unpaired) electrons. The lowest BCUT2D eigenvalue weighted by molar-refractivity contribution is 0.0646. The standard InChI is InChI=1S/C22H22N2O3/c1-12(2)14-6-7-17-19(8-14)22(27)24(21(17)26)11-13(3)15-4-5-16-10-23-20(25)18(16)9-15/h4-9,12-13H,10-11H2,1-3H3,(H,23,25). The van der Waals surface area contributed by atoms with Crippen molar-refractivity contribution in [2.45, 2.75) is 39.2 Å². The quantitative estimate of drug-likeness (QED) is 0.847. The SMILES string of the molecule is CC(C)c1ccc2c(c1)C(=O)N(CC(C)c1ccc3c(c1)C(=O)NC3)C2=O. The number of nitrogens with one attached hydrogen (secondary N) is 1. The van der Waals surface area contributed by atoms with E-state index in [0.29, 0.717) is 35.7 Å². The summed E-state index contributed by atoms with van der Waals surface area (Å²) < 4.78 is 0. The Morgan fingerprint density at radius 1 is 0.889 bits per heavy atom. The van der Waals surface area contributed by atoms with Gasteiger partial charge in [-0.1, -0.05) is 39.0 Å². The van der Waals surface area contributed by atoms with Crippen LogP contribution in [0.4, 0.5) is 0 Å². The molecule has 0 saturated carbocycles. The molecule has 138 valence electrons. The van der Waals surface area contributed by atoms with Gasteiger partial charge in [0, 0.05) is 18.7 Å². The van der Waals surface area contributed by atoms with Crippen LogP contribution in [0.3, 0.4) is 0 Å². The lowest BCUT2D eigenvalue weighted by atomic mass is 9.96. The van der Waals surface area contributed by atoms with Crippen molar-refractivity contribution in [1.29, 1.82) is 0 Å². The number of benzene rings is 2. The second-order valence-electron chi connectivity index (χ2n) is 7.68. The molecule has 0 bridgehead atoms. The van der Waals surface area contributed by atoms with Gasteiger partial charge in [0.05, 0.1) is 11.1 Å². The van der Waals surface area contributed by atoms with E-state index < -0.39 is 0 Å². The summed E-state index contributed by atoms with van der Waals surface area (Å²) in [7, 11) is 0. The predicted molar refractivity (Wildman–Crippen MR) is 102 cm³/mol. The molecular weight excluding hydrogens is 340 g/mol. The van der Waals surface area contributed by atoms with Crippen molar-refractivity contribution in [3.05, 3.63) is 69.8 Å². The average molecular weight is 362 g/mol. The van der Waals surface area contributed by atoms with Crippen molar-refractivity contribution in [3.63, 3.8) is 0 Å². The second-order valence-corrected chi connectivity index (χ2v) is 7.68. The summed E-state index contributed by atoms with van der Waals surface area (Å²) in [5.41, 5.74) is 4.64. The Morgan fingerprint density at radius 3 is 2.30 bits per heavy atom. The van der Waals surface area contributed by atoms with Crippen molar-refractivity contribution < 1.29 is 14.4 Å². The molecule has 2 aliphatic rings. The Hall–Kier alpha value is -2.95. The van der Waals surface area contributed by atoms with Crippen LogP contribution in [0.2, 0.25) is 0 Å². The van der Waals surface area contributed by atoms with E-state index in [1.807, 2.05) is 37.3 Å². The maximum atomic E-state index is 12.8. The number of rotatable bonds is 4. The second kappa shape index (κ2) is 6.34. The summed E-state index contributed by atoms with van der Waals surface area (Å²) in [4.78, 5) is 38.8. The van der Waals surface area contributed by atoms with Crippen molar-refractivity contribution in [3.8, 4) is 0 Å². The van der Waals surface area contributed by atoms with Crippen molar-refractivity contribution in [2.75, 3.05) is 6.54 Å². The number of nitrogens with zero attached hydrogens (tertiary/aromatic N) is 1. The summed E-state index contributed by atoms with van der Waals surface area (Å²) >= 11 is 0. The first-order chi connectivity index (χ1) is 12.9. The number of carbonyl (C=O) groups is 3. The minimum atomic E-state index is -0.240. The number of imide groups is 1. The molecule has 3 amide bonds. The number of amides is 3. The average Bonchev–Trinajstić information content (AvgIpc) is 3.14. The molecule has 0 fully saturated rings. The normalized spacial score (nSPS) is 16.6. The maximum absolute atomic E-state index is 12.8.